The maximum atomic E-state index is 12.3. The number of nitrogens with zero attached hydrogens (tertiary/aromatic N) is 2. The van der Waals surface area contributed by atoms with Crippen LogP contribution in [0.2, 0.25) is 0 Å². The number of aryl methyl sites for hydroxylation is 3. The van der Waals surface area contributed by atoms with Gasteiger partial charge in [0.05, 0.1) is 5.69 Å². The Balaban J connectivity index is 2.21. The molecule has 0 saturated carbocycles. The minimum absolute atomic E-state index is 0.265. The van der Waals surface area contributed by atoms with Crippen LogP contribution in [-0.2, 0) is 4.79 Å². The molecular formula is C16H19N3O2. The molecule has 0 radical (unpaired) electrons. The summed E-state index contributed by atoms with van der Waals surface area (Å²) in [6.07, 6.45) is 0. The van der Waals surface area contributed by atoms with E-state index in [1.807, 2.05) is 32.0 Å². The average molecular weight is 285 g/mol. The first-order chi connectivity index (χ1) is 9.88. The molecule has 5 heteroatoms. The van der Waals surface area contributed by atoms with E-state index in [1.165, 1.54) is 10.7 Å². The molecule has 2 rings (SSSR count). The summed E-state index contributed by atoms with van der Waals surface area (Å²) in [4.78, 5) is 24.1. The molecule has 0 fully saturated rings. The van der Waals surface area contributed by atoms with Gasteiger partial charge < -0.3 is 5.32 Å². The standard InChI is InChI=1S/C16H19N3O2/c1-10-5-7-14(9-11(10)2)17-16(21)13(4)19-15(20)8-6-12(3)18-19/h5-9,13H,1-4H3,(H,17,21). The van der Waals surface area contributed by atoms with Gasteiger partial charge in [0.2, 0.25) is 5.91 Å². The lowest BCUT2D eigenvalue weighted by atomic mass is 10.1. The van der Waals surface area contributed by atoms with Gasteiger partial charge in [-0.05, 0) is 57.0 Å². The Kier molecular flexibility index (Phi) is 4.21. The number of aromatic nitrogens is 2. The number of carbonyl (C=O) groups excluding carboxylic acids is 1. The van der Waals surface area contributed by atoms with Crippen LogP contribution in [0.3, 0.4) is 0 Å². The normalized spacial score (nSPS) is 12.0. The topological polar surface area (TPSA) is 64.0 Å². The number of amides is 1. The first-order valence-corrected chi connectivity index (χ1v) is 6.83. The zero-order valence-electron chi connectivity index (χ0n) is 12.7. The van der Waals surface area contributed by atoms with Crippen LogP contribution in [-0.4, -0.2) is 15.7 Å². The van der Waals surface area contributed by atoms with Crippen LogP contribution in [0, 0.1) is 20.8 Å². The Hall–Kier alpha value is -2.43. The molecule has 0 spiro atoms. The maximum absolute atomic E-state index is 12.3. The number of carbonyl (C=O) groups is 1. The molecule has 1 aromatic heterocycles. The van der Waals surface area contributed by atoms with Crippen LogP contribution in [0.1, 0.15) is 29.8 Å². The highest BCUT2D eigenvalue weighted by Crippen LogP contribution is 2.15. The molecule has 0 aliphatic heterocycles. The van der Waals surface area contributed by atoms with Crippen LogP contribution < -0.4 is 10.9 Å². The molecule has 2 aromatic rings. The van der Waals surface area contributed by atoms with Crippen molar-refractivity contribution in [3.8, 4) is 0 Å². The van der Waals surface area contributed by atoms with Crippen molar-refractivity contribution in [1.82, 2.24) is 9.78 Å². The van der Waals surface area contributed by atoms with Crippen molar-refractivity contribution in [3.05, 3.63) is 57.5 Å². The van der Waals surface area contributed by atoms with Crippen molar-refractivity contribution < 1.29 is 4.79 Å². The third-order valence-corrected chi connectivity index (χ3v) is 3.48. The van der Waals surface area contributed by atoms with Crippen molar-refractivity contribution in [2.24, 2.45) is 0 Å². The number of nitrogens with one attached hydrogen (secondary N) is 1. The third-order valence-electron chi connectivity index (χ3n) is 3.48. The van der Waals surface area contributed by atoms with Crippen LogP contribution in [0.4, 0.5) is 5.69 Å². The average Bonchev–Trinajstić information content (AvgIpc) is 2.44. The molecule has 1 atom stereocenters. The minimum atomic E-state index is -0.668. The summed E-state index contributed by atoms with van der Waals surface area (Å²) < 4.78 is 1.20. The highest BCUT2D eigenvalue weighted by Gasteiger charge is 2.17. The van der Waals surface area contributed by atoms with Crippen molar-refractivity contribution in [1.29, 1.82) is 0 Å². The predicted molar refractivity (Wildman–Crippen MR) is 82.5 cm³/mol. The van der Waals surface area contributed by atoms with Crippen LogP contribution in [0.25, 0.3) is 0 Å². The van der Waals surface area contributed by atoms with E-state index in [2.05, 4.69) is 10.4 Å². The zero-order chi connectivity index (χ0) is 15.6. The second-order valence-electron chi connectivity index (χ2n) is 5.22. The summed E-state index contributed by atoms with van der Waals surface area (Å²) in [6, 6.07) is 8.09. The fourth-order valence-corrected chi connectivity index (χ4v) is 1.98. The Morgan fingerprint density at radius 2 is 1.86 bits per heavy atom. The van der Waals surface area contributed by atoms with Gasteiger partial charge >= 0.3 is 0 Å². The molecule has 0 bridgehead atoms. The molecule has 1 N–H and O–H groups in total. The second-order valence-corrected chi connectivity index (χ2v) is 5.22. The van der Waals surface area contributed by atoms with E-state index in [0.29, 0.717) is 5.69 Å². The van der Waals surface area contributed by atoms with Crippen LogP contribution >= 0.6 is 0 Å². The molecular weight excluding hydrogens is 266 g/mol. The molecule has 1 aromatic carbocycles. The SMILES string of the molecule is Cc1ccc(=O)n(C(C)C(=O)Nc2ccc(C)c(C)c2)n1. The minimum Gasteiger partial charge on any atom is -0.324 e. The summed E-state index contributed by atoms with van der Waals surface area (Å²) in [7, 11) is 0. The highest BCUT2D eigenvalue weighted by atomic mass is 16.2. The number of hydrogen-bond donors (Lipinski definition) is 1. The van der Waals surface area contributed by atoms with Gasteiger partial charge in [-0.3, -0.25) is 9.59 Å². The fraction of sp³-hybridized carbons (Fsp3) is 0.312. The number of benzene rings is 1. The summed E-state index contributed by atoms with van der Waals surface area (Å²) in [5.41, 5.74) is 3.39. The summed E-state index contributed by atoms with van der Waals surface area (Å²) in [6.45, 7) is 7.44. The Morgan fingerprint density at radius 1 is 1.14 bits per heavy atom. The van der Waals surface area contributed by atoms with Gasteiger partial charge in [0.15, 0.2) is 0 Å². The van der Waals surface area contributed by atoms with Gasteiger partial charge in [-0.25, -0.2) is 4.68 Å². The van der Waals surface area contributed by atoms with Gasteiger partial charge in [-0.15, -0.1) is 0 Å². The molecule has 110 valence electrons. The first-order valence-electron chi connectivity index (χ1n) is 6.83. The van der Waals surface area contributed by atoms with E-state index in [4.69, 9.17) is 0 Å². The second kappa shape index (κ2) is 5.91. The number of hydrogen-bond acceptors (Lipinski definition) is 3. The number of anilines is 1. The summed E-state index contributed by atoms with van der Waals surface area (Å²) in [5, 5.41) is 6.93. The zero-order valence-corrected chi connectivity index (χ0v) is 12.7. The predicted octanol–water partition coefficient (Wildman–Crippen LogP) is 2.37. The molecule has 5 nitrogen and oxygen atoms in total. The lowest BCUT2D eigenvalue weighted by molar-refractivity contribution is -0.119. The van der Waals surface area contributed by atoms with E-state index in [1.54, 1.807) is 19.9 Å². The third kappa shape index (κ3) is 3.37. The van der Waals surface area contributed by atoms with Gasteiger partial charge in [-0.2, -0.15) is 5.10 Å². The van der Waals surface area contributed by atoms with E-state index < -0.39 is 6.04 Å². The van der Waals surface area contributed by atoms with E-state index in [9.17, 15) is 9.59 Å². The van der Waals surface area contributed by atoms with Crippen molar-refractivity contribution in [2.45, 2.75) is 33.7 Å². The molecule has 21 heavy (non-hydrogen) atoms. The van der Waals surface area contributed by atoms with E-state index in [0.717, 1.165) is 16.8 Å². The van der Waals surface area contributed by atoms with Gasteiger partial charge in [0, 0.05) is 11.8 Å². The Bertz CT molecular complexity index is 735. The Morgan fingerprint density at radius 3 is 2.52 bits per heavy atom. The van der Waals surface area contributed by atoms with Gasteiger partial charge in [0.25, 0.3) is 5.56 Å². The quantitative estimate of drug-likeness (QED) is 0.941. The lowest BCUT2D eigenvalue weighted by Crippen LogP contribution is -2.33. The van der Waals surface area contributed by atoms with Crippen LogP contribution in [0.5, 0.6) is 0 Å². The van der Waals surface area contributed by atoms with Crippen molar-refractivity contribution in [3.63, 3.8) is 0 Å². The number of rotatable bonds is 3. The molecule has 1 heterocycles. The fourth-order valence-electron chi connectivity index (χ4n) is 1.98. The highest BCUT2D eigenvalue weighted by molar-refractivity contribution is 5.93. The molecule has 0 aliphatic rings. The molecule has 0 saturated heterocycles. The van der Waals surface area contributed by atoms with Crippen molar-refractivity contribution in [2.75, 3.05) is 5.32 Å². The maximum Gasteiger partial charge on any atom is 0.267 e. The molecule has 0 aliphatic carbocycles. The lowest BCUT2D eigenvalue weighted by Gasteiger charge is -2.15. The first kappa shape index (κ1) is 15.0. The smallest absolute Gasteiger partial charge is 0.267 e. The van der Waals surface area contributed by atoms with Gasteiger partial charge in [0.1, 0.15) is 6.04 Å². The monoisotopic (exact) mass is 285 g/mol. The largest absolute Gasteiger partial charge is 0.324 e. The van der Waals surface area contributed by atoms with Crippen molar-refractivity contribution >= 4 is 11.6 Å². The van der Waals surface area contributed by atoms with E-state index in [-0.39, 0.29) is 11.5 Å². The van der Waals surface area contributed by atoms with Gasteiger partial charge in [-0.1, -0.05) is 6.07 Å². The summed E-state index contributed by atoms with van der Waals surface area (Å²) >= 11 is 0. The molecule has 1 unspecified atom stereocenters. The summed E-state index contributed by atoms with van der Waals surface area (Å²) in [5.74, 6) is -0.265. The van der Waals surface area contributed by atoms with Crippen LogP contribution in [0.15, 0.2) is 35.1 Å². The Labute approximate surface area is 123 Å². The molecule has 1 amide bonds. The van der Waals surface area contributed by atoms with E-state index >= 15 is 0 Å².